The fraction of sp³-hybridized carbons (Fsp3) is 0. The third kappa shape index (κ3) is 4.72. The van der Waals surface area contributed by atoms with Gasteiger partial charge >= 0.3 is 29.6 Å². The van der Waals surface area contributed by atoms with Gasteiger partial charge in [-0.1, -0.05) is 18.2 Å². The molecule has 0 saturated heterocycles. The molecule has 6 heteroatoms. The van der Waals surface area contributed by atoms with Crippen molar-refractivity contribution < 1.29 is 17.8 Å². The van der Waals surface area contributed by atoms with Crippen LogP contribution in [0.15, 0.2) is 35.2 Å². The number of hydrogen-bond donors (Lipinski definition) is 1. The van der Waals surface area contributed by atoms with Gasteiger partial charge in [-0.2, -0.15) is 8.42 Å². The summed E-state index contributed by atoms with van der Waals surface area (Å²) in [5.41, 5.74) is 0.685. The van der Waals surface area contributed by atoms with Crippen LogP contribution in [0.4, 0.5) is 0 Å². The summed E-state index contributed by atoms with van der Waals surface area (Å²) in [7, 11) is -4.13. The number of carbonyl (C=O) groups is 1. The standard InChI is InChI=1S/C9H8O4S.Na.H/c10-7-1-2-8-3-5-9(6-4-8)14(11,12)13;;/h1-7H,(H,11,12,13);;/b2-1+;;. The van der Waals surface area contributed by atoms with Crippen molar-refractivity contribution in [2.24, 2.45) is 0 Å². The molecule has 0 saturated carbocycles. The summed E-state index contributed by atoms with van der Waals surface area (Å²) in [5, 5.41) is 0. The molecule has 0 aliphatic heterocycles. The van der Waals surface area contributed by atoms with Gasteiger partial charge in [-0.05, 0) is 23.8 Å². The van der Waals surface area contributed by atoms with Gasteiger partial charge in [0.15, 0.2) is 0 Å². The molecule has 4 nitrogen and oxygen atoms in total. The second-order valence-corrected chi connectivity index (χ2v) is 3.96. The van der Waals surface area contributed by atoms with Crippen LogP contribution in [0.1, 0.15) is 5.56 Å². The van der Waals surface area contributed by atoms with Crippen LogP contribution in [-0.2, 0) is 14.9 Å². The van der Waals surface area contributed by atoms with Crippen LogP contribution in [0.25, 0.3) is 6.08 Å². The van der Waals surface area contributed by atoms with E-state index in [-0.39, 0.29) is 34.5 Å². The molecule has 0 radical (unpaired) electrons. The maximum atomic E-state index is 10.6. The summed E-state index contributed by atoms with van der Waals surface area (Å²) in [5.74, 6) is 0. The Labute approximate surface area is 110 Å². The van der Waals surface area contributed by atoms with Crippen molar-refractivity contribution in [3.63, 3.8) is 0 Å². The van der Waals surface area contributed by atoms with Crippen molar-refractivity contribution in [2.75, 3.05) is 0 Å². The molecular formula is C9H9NaO4S. The van der Waals surface area contributed by atoms with Gasteiger partial charge in [-0.3, -0.25) is 9.35 Å². The predicted octanol–water partition coefficient (Wildman–Crippen LogP) is 0.497. The van der Waals surface area contributed by atoms with Gasteiger partial charge in [0.2, 0.25) is 0 Å². The molecule has 1 rings (SSSR count). The molecule has 1 N–H and O–H groups in total. The van der Waals surface area contributed by atoms with Gasteiger partial charge < -0.3 is 0 Å². The van der Waals surface area contributed by atoms with Crippen molar-refractivity contribution in [2.45, 2.75) is 4.90 Å². The van der Waals surface area contributed by atoms with Gasteiger partial charge in [0.25, 0.3) is 10.1 Å². The topological polar surface area (TPSA) is 71.4 Å². The molecular weight excluding hydrogens is 227 g/mol. The van der Waals surface area contributed by atoms with E-state index in [1.807, 2.05) is 0 Å². The van der Waals surface area contributed by atoms with Crippen LogP contribution >= 0.6 is 0 Å². The molecule has 1 aromatic rings. The molecule has 1 aromatic carbocycles. The molecule has 0 unspecified atom stereocenters. The molecule has 0 heterocycles. The van der Waals surface area contributed by atoms with E-state index >= 15 is 0 Å². The third-order valence-corrected chi connectivity index (χ3v) is 2.41. The van der Waals surface area contributed by atoms with Crippen molar-refractivity contribution in [3.8, 4) is 0 Å². The summed E-state index contributed by atoms with van der Waals surface area (Å²) in [4.78, 5) is 9.82. The van der Waals surface area contributed by atoms with E-state index in [2.05, 4.69) is 0 Å². The summed E-state index contributed by atoms with van der Waals surface area (Å²) in [6.07, 6.45) is 3.44. The van der Waals surface area contributed by atoms with Crippen LogP contribution in [0.2, 0.25) is 0 Å². The van der Waals surface area contributed by atoms with Crippen molar-refractivity contribution in [1.82, 2.24) is 0 Å². The van der Waals surface area contributed by atoms with E-state index in [1.54, 1.807) is 0 Å². The van der Waals surface area contributed by atoms with E-state index in [0.29, 0.717) is 11.8 Å². The first-order valence-electron chi connectivity index (χ1n) is 3.73. The minimum atomic E-state index is -4.13. The first kappa shape index (κ1) is 14.5. The zero-order valence-electron chi connectivity index (χ0n) is 7.12. The summed E-state index contributed by atoms with van der Waals surface area (Å²) < 4.78 is 29.9. The predicted molar refractivity (Wildman–Crippen MR) is 58.5 cm³/mol. The van der Waals surface area contributed by atoms with Crippen LogP contribution in [0.5, 0.6) is 0 Å². The van der Waals surface area contributed by atoms with E-state index in [1.165, 1.54) is 36.4 Å². The summed E-state index contributed by atoms with van der Waals surface area (Å²) >= 11 is 0. The molecule has 0 amide bonds. The number of carbonyl (C=O) groups excluding carboxylic acids is 1. The molecule has 76 valence electrons. The zero-order chi connectivity index (χ0) is 10.6. The van der Waals surface area contributed by atoms with Gasteiger partial charge in [-0.15, -0.1) is 0 Å². The quantitative estimate of drug-likeness (QED) is 0.359. The fourth-order valence-electron chi connectivity index (χ4n) is 0.901. The van der Waals surface area contributed by atoms with Crippen LogP contribution in [0.3, 0.4) is 0 Å². The Hall–Kier alpha value is -0.460. The first-order valence-corrected chi connectivity index (χ1v) is 5.17. The fourth-order valence-corrected chi connectivity index (χ4v) is 1.38. The Morgan fingerprint density at radius 3 is 2.07 bits per heavy atom. The van der Waals surface area contributed by atoms with Crippen LogP contribution in [0, 0.1) is 0 Å². The van der Waals surface area contributed by atoms with Crippen LogP contribution < -0.4 is 0 Å². The molecule has 15 heavy (non-hydrogen) atoms. The van der Waals surface area contributed by atoms with Gasteiger partial charge in [0.1, 0.15) is 6.29 Å². The molecule has 0 aromatic heterocycles. The summed E-state index contributed by atoms with van der Waals surface area (Å²) in [6, 6.07) is 5.51. The van der Waals surface area contributed by atoms with E-state index < -0.39 is 10.1 Å². The number of benzene rings is 1. The number of allylic oxidation sites excluding steroid dienone is 1. The second-order valence-electron chi connectivity index (χ2n) is 2.54. The average Bonchev–Trinajstić information content (AvgIpc) is 2.14. The molecule has 0 atom stereocenters. The van der Waals surface area contributed by atoms with Crippen molar-refractivity contribution in [3.05, 3.63) is 35.9 Å². The Morgan fingerprint density at radius 2 is 1.67 bits per heavy atom. The van der Waals surface area contributed by atoms with E-state index in [4.69, 9.17) is 4.55 Å². The molecule has 0 aliphatic carbocycles. The normalized spacial score (nSPS) is 11.0. The monoisotopic (exact) mass is 236 g/mol. The third-order valence-electron chi connectivity index (χ3n) is 1.55. The number of hydrogen-bond acceptors (Lipinski definition) is 3. The van der Waals surface area contributed by atoms with Crippen LogP contribution in [-0.4, -0.2) is 48.8 Å². The Bertz CT molecular complexity index is 448. The first-order chi connectivity index (χ1) is 6.54. The molecule has 0 fully saturated rings. The number of rotatable bonds is 3. The Kier molecular flexibility index (Phi) is 6.00. The average molecular weight is 236 g/mol. The van der Waals surface area contributed by atoms with E-state index in [9.17, 15) is 13.2 Å². The minimum absolute atomic E-state index is 0. The Morgan fingerprint density at radius 1 is 1.13 bits per heavy atom. The number of aldehydes is 1. The Balaban J connectivity index is 0.00000196. The zero-order valence-corrected chi connectivity index (χ0v) is 7.94. The summed E-state index contributed by atoms with van der Waals surface area (Å²) in [6.45, 7) is 0. The van der Waals surface area contributed by atoms with Gasteiger partial charge in [0, 0.05) is 0 Å². The maximum absolute atomic E-state index is 10.6. The van der Waals surface area contributed by atoms with Gasteiger partial charge in [-0.25, -0.2) is 0 Å². The SMILES string of the molecule is O=C/C=C/c1ccc(S(=O)(=O)O)cc1.[NaH]. The second kappa shape index (κ2) is 6.19. The molecule has 0 spiro atoms. The van der Waals surface area contributed by atoms with Gasteiger partial charge in [0.05, 0.1) is 4.90 Å². The van der Waals surface area contributed by atoms with Crippen molar-refractivity contribution in [1.29, 1.82) is 0 Å². The molecule has 0 bridgehead atoms. The van der Waals surface area contributed by atoms with E-state index in [0.717, 1.165) is 0 Å². The molecule has 0 aliphatic rings. The van der Waals surface area contributed by atoms with Crippen molar-refractivity contribution >= 4 is 52.0 Å².